The molecule has 2 rings (SSSR count). The molecule has 0 fully saturated rings. The van der Waals surface area contributed by atoms with Crippen LogP contribution in [0.2, 0.25) is 0 Å². The lowest BCUT2D eigenvalue weighted by molar-refractivity contribution is -0.137. The summed E-state index contributed by atoms with van der Waals surface area (Å²) in [5.41, 5.74) is 0.896. The van der Waals surface area contributed by atoms with Gasteiger partial charge in [-0.25, -0.2) is 4.39 Å². The zero-order valence-corrected chi connectivity index (χ0v) is 9.39. The van der Waals surface area contributed by atoms with Gasteiger partial charge in [-0.3, -0.25) is 4.79 Å². The summed E-state index contributed by atoms with van der Waals surface area (Å²) in [5, 5.41) is 11.8. The fraction of sp³-hybridized carbons (Fsp3) is 0.364. The molecule has 1 heterocycles. The van der Waals surface area contributed by atoms with Gasteiger partial charge < -0.3 is 10.4 Å². The minimum absolute atomic E-state index is 0.152. The number of hydrogen-bond donors (Lipinski definition) is 2. The molecule has 1 aliphatic rings. The number of benzene rings is 1. The van der Waals surface area contributed by atoms with Crippen LogP contribution in [-0.4, -0.2) is 22.9 Å². The van der Waals surface area contributed by atoms with E-state index in [0.717, 1.165) is 16.3 Å². The molecule has 2 N–H and O–H groups in total. The lowest BCUT2D eigenvalue weighted by Gasteiger charge is -2.26. The van der Waals surface area contributed by atoms with Gasteiger partial charge in [0.15, 0.2) is 0 Å². The second-order valence-electron chi connectivity index (χ2n) is 3.73. The molecule has 0 aromatic heterocycles. The van der Waals surface area contributed by atoms with Crippen molar-refractivity contribution in [1.82, 2.24) is 0 Å². The average Bonchev–Trinajstić information content (AvgIpc) is 2.26. The third kappa shape index (κ3) is 2.66. The highest BCUT2D eigenvalue weighted by Crippen LogP contribution is 2.34. The number of fused-ring (bicyclic) bond motifs is 1. The standard InChI is InChI=1S/C11H12FNO2S/c12-7-1-3-9-10(5-7)16-6-8(13-9)2-4-11(14)15/h1,3,5,8,13H,2,4,6H2,(H,14,15). The molecule has 0 bridgehead atoms. The smallest absolute Gasteiger partial charge is 0.303 e. The van der Waals surface area contributed by atoms with Crippen LogP contribution in [0.4, 0.5) is 10.1 Å². The number of carboxylic acids is 1. The van der Waals surface area contributed by atoms with Crippen LogP contribution in [0.3, 0.4) is 0 Å². The molecule has 0 saturated heterocycles. The summed E-state index contributed by atoms with van der Waals surface area (Å²) in [7, 11) is 0. The van der Waals surface area contributed by atoms with Crippen LogP contribution in [0.25, 0.3) is 0 Å². The summed E-state index contributed by atoms with van der Waals surface area (Å²) in [6.45, 7) is 0. The highest BCUT2D eigenvalue weighted by Gasteiger charge is 2.19. The number of carboxylic acid groups (broad SMARTS) is 1. The van der Waals surface area contributed by atoms with E-state index >= 15 is 0 Å². The fourth-order valence-corrected chi connectivity index (χ4v) is 2.75. The Morgan fingerprint density at radius 3 is 3.19 bits per heavy atom. The second kappa shape index (κ2) is 4.74. The zero-order valence-electron chi connectivity index (χ0n) is 8.57. The average molecular weight is 241 g/mol. The third-order valence-electron chi connectivity index (χ3n) is 2.45. The number of aliphatic carboxylic acids is 1. The van der Waals surface area contributed by atoms with Crippen molar-refractivity contribution in [1.29, 1.82) is 0 Å². The van der Waals surface area contributed by atoms with Crippen LogP contribution < -0.4 is 5.32 Å². The van der Waals surface area contributed by atoms with Crippen LogP contribution in [0, 0.1) is 5.82 Å². The van der Waals surface area contributed by atoms with E-state index in [-0.39, 0.29) is 18.3 Å². The predicted octanol–water partition coefficient (Wildman–Crippen LogP) is 2.58. The van der Waals surface area contributed by atoms with Gasteiger partial charge in [-0.1, -0.05) is 0 Å². The number of thioether (sulfide) groups is 1. The maximum Gasteiger partial charge on any atom is 0.303 e. The fourth-order valence-electron chi connectivity index (χ4n) is 1.64. The van der Waals surface area contributed by atoms with Gasteiger partial charge in [0.2, 0.25) is 0 Å². The maximum absolute atomic E-state index is 12.9. The van der Waals surface area contributed by atoms with Gasteiger partial charge in [0.25, 0.3) is 0 Å². The van der Waals surface area contributed by atoms with Gasteiger partial charge in [-0.2, -0.15) is 0 Å². The monoisotopic (exact) mass is 241 g/mol. The van der Waals surface area contributed by atoms with E-state index in [1.807, 2.05) is 0 Å². The molecule has 1 aromatic rings. The van der Waals surface area contributed by atoms with E-state index < -0.39 is 5.97 Å². The molecular weight excluding hydrogens is 229 g/mol. The van der Waals surface area contributed by atoms with Gasteiger partial charge in [0, 0.05) is 28.8 Å². The van der Waals surface area contributed by atoms with Crippen LogP contribution in [0.1, 0.15) is 12.8 Å². The molecule has 5 heteroatoms. The SMILES string of the molecule is O=C(O)CCC1CSc2cc(F)ccc2N1. The molecule has 86 valence electrons. The molecule has 1 aromatic carbocycles. The van der Waals surface area contributed by atoms with Gasteiger partial charge in [-0.05, 0) is 24.6 Å². The van der Waals surface area contributed by atoms with Crippen molar-refractivity contribution < 1.29 is 14.3 Å². The molecule has 3 nitrogen and oxygen atoms in total. The quantitative estimate of drug-likeness (QED) is 0.854. The van der Waals surface area contributed by atoms with Crippen molar-refractivity contribution in [3.05, 3.63) is 24.0 Å². The Morgan fingerprint density at radius 2 is 2.44 bits per heavy atom. The number of hydrogen-bond acceptors (Lipinski definition) is 3. The van der Waals surface area contributed by atoms with Gasteiger partial charge in [0.1, 0.15) is 5.82 Å². The lowest BCUT2D eigenvalue weighted by Crippen LogP contribution is -2.26. The Labute approximate surface area is 97.0 Å². The summed E-state index contributed by atoms with van der Waals surface area (Å²) >= 11 is 1.57. The molecule has 0 amide bonds. The Balaban J connectivity index is 2.01. The Kier molecular flexibility index (Phi) is 3.33. The minimum Gasteiger partial charge on any atom is -0.481 e. The molecule has 0 aliphatic carbocycles. The molecule has 0 saturated carbocycles. The normalized spacial score (nSPS) is 18.7. The Hall–Kier alpha value is -1.23. The summed E-state index contributed by atoms with van der Waals surface area (Å²) < 4.78 is 12.9. The van der Waals surface area contributed by atoms with Crippen molar-refractivity contribution in [2.75, 3.05) is 11.1 Å². The van der Waals surface area contributed by atoms with Gasteiger partial charge in [-0.15, -0.1) is 11.8 Å². The number of nitrogens with one attached hydrogen (secondary N) is 1. The van der Waals surface area contributed by atoms with Crippen molar-refractivity contribution >= 4 is 23.4 Å². The number of halogens is 1. The van der Waals surface area contributed by atoms with Crippen LogP contribution in [0.15, 0.2) is 23.1 Å². The van der Waals surface area contributed by atoms with E-state index in [1.165, 1.54) is 12.1 Å². The summed E-state index contributed by atoms with van der Waals surface area (Å²) in [5.74, 6) is -0.238. The minimum atomic E-state index is -0.781. The van der Waals surface area contributed by atoms with E-state index in [0.29, 0.717) is 6.42 Å². The zero-order chi connectivity index (χ0) is 11.5. The molecule has 1 unspecified atom stereocenters. The summed E-state index contributed by atoms with van der Waals surface area (Å²) in [4.78, 5) is 11.3. The van der Waals surface area contributed by atoms with Crippen LogP contribution >= 0.6 is 11.8 Å². The third-order valence-corrected chi connectivity index (χ3v) is 3.67. The molecule has 1 atom stereocenters. The first kappa shape index (κ1) is 11.3. The van der Waals surface area contributed by atoms with Crippen LogP contribution in [-0.2, 0) is 4.79 Å². The Bertz CT molecular complexity index is 411. The summed E-state index contributed by atoms with van der Waals surface area (Å²) in [6.07, 6.45) is 0.758. The first-order chi connectivity index (χ1) is 7.65. The molecule has 0 spiro atoms. The molecule has 1 aliphatic heterocycles. The molecule has 0 radical (unpaired) electrons. The molecule has 16 heavy (non-hydrogen) atoms. The predicted molar refractivity (Wildman–Crippen MR) is 61.4 cm³/mol. The number of rotatable bonds is 3. The summed E-state index contributed by atoms with van der Waals surface area (Å²) in [6, 6.07) is 4.76. The number of anilines is 1. The van der Waals surface area contributed by atoms with Gasteiger partial charge in [0.05, 0.1) is 0 Å². The first-order valence-corrected chi connectivity index (χ1v) is 6.04. The highest BCUT2D eigenvalue weighted by atomic mass is 32.2. The largest absolute Gasteiger partial charge is 0.481 e. The van der Waals surface area contributed by atoms with Crippen molar-refractivity contribution in [2.45, 2.75) is 23.8 Å². The number of carbonyl (C=O) groups is 1. The Morgan fingerprint density at radius 1 is 1.62 bits per heavy atom. The van der Waals surface area contributed by atoms with Crippen molar-refractivity contribution in [3.8, 4) is 0 Å². The van der Waals surface area contributed by atoms with Crippen molar-refractivity contribution in [3.63, 3.8) is 0 Å². The van der Waals surface area contributed by atoms with E-state index in [9.17, 15) is 9.18 Å². The first-order valence-electron chi connectivity index (χ1n) is 5.06. The topological polar surface area (TPSA) is 49.3 Å². The maximum atomic E-state index is 12.9. The van der Waals surface area contributed by atoms with Gasteiger partial charge >= 0.3 is 5.97 Å². The van der Waals surface area contributed by atoms with E-state index in [4.69, 9.17) is 5.11 Å². The second-order valence-corrected chi connectivity index (χ2v) is 4.79. The molecular formula is C11H12FNO2S. The van der Waals surface area contributed by atoms with E-state index in [1.54, 1.807) is 17.8 Å². The lowest BCUT2D eigenvalue weighted by atomic mass is 10.1. The van der Waals surface area contributed by atoms with E-state index in [2.05, 4.69) is 5.32 Å². The van der Waals surface area contributed by atoms with Crippen LogP contribution in [0.5, 0.6) is 0 Å². The highest BCUT2D eigenvalue weighted by molar-refractivity contribution is 7.99. The van der Waals surface area contributed by atoms with Crippen molar-refractivity contribution in [2.24, 2.45) is 0 Å².